The molecule has 0 spiro atoms. The van der Waals surface area contributed by atoms with Gasteiger partial charge in [-0.05, 0) is 25.0 Å². The first-order valence-electron chi connectivity index (χ1n) is 4.88. The van der Waals surface area contributed by atoms with E-state index in [1.54, 1.807) is 0 Å². The van der Waals surface area contributed by atoms with E-state index >= 15 is 0 Å². The zero-order chi connectivity index (χ0) is 13.1. The number of aliphatic carboxylic acids is 1. The summed E-state index contributed by atoms with van der Waals surface area (Å²) in [6, 6.07) is 2.71. The maximum Gasteiger partial charge on any atom is 0.416 e. The first-order chi connectivity index (χ1) is 7.82. The highest BCUT2D eigenvalue weighted by Crippen LogP contribution is 2.33. The molecule has 17 heavy (non-hydrogen) atoms. The van der Waals surface area contributed by atoms with Crippen molar-refractivity contribution in [1.29, 1.82) is 0 Å². The summed E-state index contributed by atoms with van der Waals surface area (Å²) in [6.07, 6.45) is -5.18. The van der Waals surface area contributed by atoms with Gasteiger partial charge in [0.15, 0.2) is 0 Å². The Labute approximate surface area is 94.9 Å². The van der Waals surface area contributed by atoms with E-state index in [2.05, 4.69) is 0 Å². The van der Waals surface area contributed by atoms with Crippen LogP contribution < -0.4 is 0 Å². The topological polar surface area (TPSA) is 37.3 Å². The predicted octanol–water partition coefficient (Wildman–Crippen LogP) is 3.25. The van der Waals surface area contributed by atoms with E-state index in [-0.39, 0.29) is 19.3 Å². The third kappa shape index (κ3) is 3.72. The predicted molar refractivity (Wildman–Crippen MR) is 52.0 cm³/mol. The molecule has 0 heterocycles. The molecule has 1 N–H and O–H groups in total. The molecule has 1 aromatic carbocycles. The highest BCUT2D eigenvalue weighted by Gasteiger charge is 2.34. The summed E-state index contributed by atoms with van der Waals surface area (Å²) >= 11 is 0. The van der Waals surface area contributed by atoms with E-state index < -0.39 is 29.1 Å². The molecule has 0 aliphatic carbocycles. The molecule has 2 nitrogen and oxygen atoms in total. The van der Waals surface area contributed by atoms with Crippen molar-refractivity contribution < 1.29 is 27.5 Å². The molecule has 0 aliphatic heterocycles. The largest absolute Gasteiger partial charge is 0.481 e. The van der Waals surface area contributed by atoms with Gasteiger partial charge in [0.25, 0.3) is 0 Å². The Morgan fingerprint density at radius 2 is 1.94 bits per heavy atom. The minimum atomic E-state index is -4.62. The lowest BCUT2D eigenvalue weighted by molar-refractivity contribution is -0.138. The van der Waals surface area contributed by atoms with Crippen molar-refractivity contribution >= 4 is 5.97 Å². The Bertz CT molecular complexity index is 412. The van der Waals surface area contributed by atoms with Crippen LogP contribution in [0.1, 0.15) is 24.0 Å². The average Bonchev–Trinajstić information content (AvgIpc) is 2.18. The Hall–Kier alpha value is -1.59. The molecule has 1 rings (SSSR count). The van der Waals surface area contributed by atoms with E-state index in [9.17, 15) is 22.4 Å². The van der Waals surface area contributed by atoms with Gasteiger partial charge in [-0.1, -0.05) is 6.07 Å². The molecule has 0 radical (unpaired) electrons. The van der Waals surface area contributed by atoms with Gasteiger partial charge in [0, 0.05) is 12.0 Å². The van der Waals surface area contributed by atoms with Crippen molar-refractivity contribution in [1.82, 2.24) is 0 Å². The normalized spacial score (nSPS) is 11.5. The summed E-state index contributed by atoms with van der Waals surface area (Å²) in [6.45, 7) is 0. The van der Waals surface area contributed by atoms with Crippen molar-refractivity contribution in [2.24, 2.45) is 0 Å². The van der Waals surface area contributed by atoms with Crippen LogP contribution in [0.25, 0.3) is 0 Å². The van der Waals surface area contributed by atoms with Crippen molar-refractivity contribution in [3.63, 3.8) is 0 Å². The second-order valence-electron chi connectivity index (χ2n) is 3.51. The molecule has 0 saturated heterocycles. The van der Waals surface area contributed by atoms with E-state index in [4.69, 9.17) is 5.11 Å². The molecule has 0 unspecified atom stereocenters. The molecule has 6 heteroatoms. The van der Waals surface area contributed by atoms with E-state index in [1.807, 2.05) is 0 Å². The van der Waals surface area contributed by atoms with Gasteiger partial charge in [-0.25, -0.2) is 4.39 Å². The molecule has 0 aliphatic rings. The van der Waals surface area contributed by atoms with Crippen LogP contribution in [0.15, 0.2) is 18.2 Å². The minimum Gasteiger partial charge on any atom is -0.481 e. The van der Waals surface area contributed by atoms with Gasteiger partial charge in [-0.2, -0.15) is 13.2 Å². The lowest BCUT2D eigenvalue weighted by Gasteiger charge is -2.13. The molecule has 94 valence electrons. The number of alkyl halides is 3. The molecule has 0 fully saturated rings. The minimum absolute atomic E-state index is 0.0284. The van der Waals surface area contributed by atoms with Gasteiger partial charge in [0.2, 0.25) is 0 Å². The fraction of sp³-hybridized carbons (Fsp3) is 0.364. The number of carbonyl (C=O) groups is 1. The smallest absolute Gasteiger partial charge is 0.416 e. The van der Waals surface area contributed by atoms with Gasteiger partial charge in [0.05, 0.1) is 5.56 Å². The highest BCUT2D eigenvalue weighted by atomic mass is 19.4. The third-order valence-corrected chi connectivity index (χ3v) is 2.24. The van der Waals surface area contributed by atoms with Crippen molar-refractivity contribution in [3.05, 3.63) is 35.1 Å². The molecule has 0 saturated carbocycles. The van der Waals surface area contributed by atoms with Crippen LogP contribution in [0, 0.1) is 5.82 Å². The average molecular weight is 250 g/mol. The number of halogens is 4. The summed E-state index contributed by atoms with van der Waals surface area (Å²) in [5.74, 6) is -2.07. The standard InChI is InChI=1S/C11H10F4O2/c12-9-5-2-4-8(11(13,14)15)7(9)3-1-6-10(16)17/h2,4-5H,1,3,6H2,(H,16,17). The van der Waals surface area contributed by atoms with Gasteiger partial charge in [-0.15, -0.1) is 0 Å². The Balaban J connectivity index is 2.92. The fourth-order valence-electron chi connectivity index (χ4n) is 1.49. The fourth-order valence-corrected chi connectivity index (χ4v) is 1.49. The van der Waals surface area contributed by atoms with Crippen molar-refractivity contribution in [2.45, 2.75) is 25.4 Å². The van der Waals surface area contributed by atoms with Crippen LogP contribution in [-0.2, 0) is 17.4 Å². The van der Waals surface area contributed by atoms with Crippen LogP contribution in [0.2, 0.25) is 0 Å². The Morgan fingerprint density at radius 1 is 1.29 bits per heavy atom. The Morgan fingerprint density at radius 3 is 2.47 bits per heavy atom. The SMILES string of the molecule is O=C(O)CCCc1c(F)cccc1C(F)(F)F. The number of benzene rings is 1. The number of hydrogen-bond acceptors (Lipinski definition) is 1. The summed E-state index contributed by atoms with van der Waals surface area (Å²) < 4.78 is 50.9. The van der Waals surface area contributed by atoms with E-state index in [0.717, 1.165) is 18.2 Å². The summed E-state index contributed by atoms with van der Waals surface area (Å²) in [7, 11) is 0. The van der Waals surface area contributed by atoms with Crippen molar-refractivity contribution in [2.75, 3.05) is 0 Å². The van der Waals surface area contributed by atoms with Crippen LogP contribution in [0.4, 0.5) is 17.6 Å². The molecular weight excluding hydrogens is 240 g/mol. The molecular formula is C11H10F4O2. The number of carboxylic acids is 1. The number of carboxylic acid groups (broad SMARTS) is 1. The van der Waals surface area contributed by atoms with E-state index in [1.165, 1.54) is 0 Å². The summed E-state index contributed by atoms with van der Waals surface area (Å²) in [5, 5.41) is 8.37. The first-order valence-corrected chi connectivity index (χ1v) is 4.88. The molecule has 1 aromatic rings. The number of hydrogen-bond donors (Lipinski definition) is 1. The van der Waals surface area contributed by atoms with Crippen LogP contribution in [0.5, 0.6) is 0 Å². The van der Waals surface area contributed by atoms with E-state index in [0.29, 0.717) is 0 Å². The molecule has 0 aromatic heterocycles. The van der Waals surface area contributed by atoms with Crippen LogP contribution >= 0.6 is 0 Å². The maximum absolute atomic E-state index is 13.3. The molecule has 0 bridgehead atoms. The third-order valence-electron chi connectivity index (χ3n) is 2.24. The van der Waals surface area contributed by atoms with Crippen molar-refractivity contribution in [3.8, 4) is 0 Å². The lowest BCUT2D eigenvalue weighted by Crippen LogP contribution is -2.11. The second-order valence-corrected chi connectivity index (χ2v) is 3.51. The Kier molecular flexibility index (Phi) is 4.09. The monoisotopic (exact) mass is 250 g/mol. The quantitative estimate of drug-likeness (QED) is 0.833. The molecule has 0 atom stereocenters. The van der Waals surface area contributed by atoms with Gasteiger partial charge >= 0.3 is 12.1 Å². The molecule has 0 amide bonds. The van der Waals surface area contributed by atoms with Crippen LogP contribution in [-0.4, -0.2) is 11.1 Å². The van der Waals surface area contributed by atoms with Crippen LogP contribution in [0.3, 0.4) is 0 Å². The lowest BCUT2D eigenvalue weighted by atomic mass is 10.0. The summed E-state index contributed by atoms with van der Waals surface area (Å²) in [5.41, 5.74) is -1.51. The van der Waals surface area contributed by atoms with Gasteiger partial charge in [0.1, 0.15) is 5.82 Å². The summed E-state index contributed by atoms with van der Waals surface area (Å²) in [4.78, 5) is 10.2. The second kappa shape index (κ2) is 5.16. The maximum atomic E-state index is 13.3. The number of rotatable bonds is 4. The zero-order valence-corrected chi connectivity index (χ0v) is 8.72. The van der Waals surface area contributed by atoms with Gasteiger partial charge in [-0.3, -0.25) is 4.79 Å². The van der Waals surface area contributed by atoms with Gasteiger partial charge < -0.3 is 5.11 Å². The highest BCUT2D eigenvalue weighted by molar-refractivity contribution is 5.66. The first kappa shape index (κ1) is 13.5. The zero-order valence-electron chi connectivity index (χ0n) is 8.72.